The van der Waals surface area contributed by atoms with Crippen LogP contribution in [0.5, 0.6) is 0 Å². The predicted molar refractivity (Wildman–Crippen MR) is 36.5 cm³/mol. The number of aliphatic hydroxyl groups excluding tert-OH is 1. The zero-order valence-electron chi connectivity index (χ0n) is 6.11. The Bertz CT molecular complexity index is 124. The van der Waals surface area contributed by atoms with Crippen molar-refractivity contribution in [3.63, 3.8) is 0 Å². The Morgan fingerprint density at radius 1 is 1.50 bits per heavy atom. The average molecular weight is 147 g/mol. The maximum absolute atomic E-state index is 10.1. The molecule has 4 N–H and O–H groups in total. The number of aliphatic hydroxyl groups is 1. The quantitative estimate of drug-likeness (QED) is 0.498. The first kappa shape index (κ1) is 9.39. The van der Waals surface area contributed by atoms with E-state index in [1.807, 2.05) is 0 Å². The molecule has 4 heteroatoms. The Kier molecular flexibility index (Phi) is 3.32. The number of nitrogens with two attached hydrogens (primary N) is 1. The van der Waals surface area contributed by atoms with Crippen LogP contribution in [0.25, 0.3) is 0 Å². The second-order valence-electron chi connectivity index (χ2n) is 2.60. The summed E-state index contributed by atoms with van der Waals surface area (Å²) in [5.74, 6) is -1.28. The van der Waals surface area contributed by atoms with E-state index in [-0.39, 0.29) is 5.92 Å². The van der Waals surface area contributed by atoms with Crippen molar-refractivity contribution in [1.29, 1.82) is 0 Å². The van der Waals surface area contributed by atoms with Crippen LogP contribution in [-0.2, 0) is 4.79 Å². The molecule has 0 saturated carbocycles. The number of hydrogen-bond acceptors (Lipinski definition) is 3. The lowest BCUT2D eigenvalue weighted by Crippen LogP contribution is -2.43. The summed E-state index contributed by atoms with van der Waals surface area (Å²) in [5.41, 5.74) is 5.33. The molecule has 0 saturated heterocycles. The van der Waals surface area contributed by atoms with Crippen LogP contribution < -0.4 is 5.73 Å². The molecule has 0 aromatic carbocycles. The van der Waals surface area contributed by atoms with Crippen molar-refractivity contribution in [2.45, 2.75) is 26.0 Å². The minimum Gasteiger partial charge on any atom is -0.479 e. The van der Waals surface area contributed by atoms with Gasteiger partial charge in [-0.2, -0.15) is 0 Å². The first-order valence-corrected chi connectivity index (χ1v) is 3.13. The number of carbonyl (C=O) groups is 1. The Morgan fingerprint density at radius 3 is 2.00 bits per heavy atom. The SMILES string of the molecule is CC(C)C(N)C(O)C(=O)O. The van der Waals surface area contributed by atoms with Crippen molar-refractivity contribution in [2.24, 2.45) is 11.7 Å². The van der Waals surface area contributed by atoms with Gasteiger partial charge in [0.1, 0.15) is 0 Å². The van der Waals surface area contributed by atoms with E-state index in [9.17, 15) is 4.79 Å². The van der Waals surface area contributed by atoms with Crippen LogP contribution in [0.3, 0.4) is 0 Å². The normalized spacial score (nSPS) is 16.9. The molecule has 0 heterocycles. The zero-order valence-corrected chi connectivity index (χ0v) is 6.11. The molecular formula is C6H13NO3. The van der Waals surface area contributed by atoms with E-state index in [1.54, 1.807) is 13.8 Å². The monoisotopic (exact) mass is 147 g/mol. The van der Waals surface area contributed by atoms with Crippen LogP contribution in [-0.4, -0.2) is 28.3 Å². The van der Waals surface area contributed by atoms with Crippen LogP contribution >= 0.6 is 0 Å². The molecule has 0 rings (SSSR count). The van der Waals surface area contributed by atoms with Gasteiger partial charge in [0.05, 0.1) is 0 Å². The van der Waals surface area contributed by atoms with Crippen molar-refractivity contribution in [3.8, 4) is 0 Å². The van der Waals surface area contributed by atoms with E-state index in [4.69, 9.17) is 15.9 Å². The van der Waals surface area contributed by atoms with Crippen LogP contribution in [0.2, 0.25) is 0 Å². The first-order valence-electron chi connectivity index (χ1n) is 3.13. The molecule has 10 heavy (non-hydrogen) atoms. The van der Waals surface area contributed by atoms with Crippen molar-refractivity contribution in [2.75, 3.05) is 0 Å². The van der Waals surface area contributed by atoms with E-state index in [0.29, 0.717) is 0 Å². The Hall–Kier alpha value is -0.610. The van der Waals surface area contributed by atoms with Crippen LogP contribution in [0.15, 0.2) is 0 Å². The summed E-state index contributed by atoms with van der Waals surface area (Å²) in [5, 5.41) is 17.1. The first-order chi connectivity index (χ1) is 4.46. The van der Waals surface area contributed by atoms with Gasteiger partial charge in [0, 0.05) is 6.04 Å². The highest BCUT2D eigenvalue weighted by Crippen LogP contribution is 2.02. The smallest absolute Gasteiger partial charge is 0.334 e. The molecule has 2 atom stereocenters. The molecule has 4 nitrogen and oxygen atoms in total. The summed E-state index contributed by atoms with van der Waals surface area (Å²) in [6, 6.07) is -0.683. The van der Waals surface area contributed by atoms with E-state index in [2.05, 4.69) is 0 Å². The lowest BCUT2D eigenvalue weighted by molar-refractivity contribution is -0.148. The van der Waals surface area contributed by atoms with Crippen molar-refractivity contribution in [1.82, 2.24) is 0 Å². The highest BCUT2D eigenvalue weighted by Gasteiger charge is 2.24. The maximum Gasteiger partial charge on any atom is 0.334 e. The minimum absolute atomic E-state index is 0.0221. The van der Waals surface area contributed by atoms with Crippen molar-refractivity contribution >= 4 is 5.97 Å². The minimum atomic E-state index is -1.44. The molecule has 0 spiro atoms. The summed E-state index contributed by atoms with van der Waals surface area (Å²) in [6.45, 7) is 3.52. The van der Waals surface area contributed by atoms with Gasteiger partial charge < -0.3 is 15.9 Å². The predicted octanol–water partition coefficient (Wildman–Crippen LogP) is -0.585. The molecule has 0 aromatic heterocycles. The molecule has 2 unspecified atom stereocenters. The third-order valence-electron chi connectivity index (χ3n) is 1.39. The molecule has 0 bridgehead atoms. The third kappa shape index (κ3) is 2.33. The fourth-order valence-electron chi connectivity index (χ4n) is 0.529. The summed E-state index contributed by atoms with van der Waals surface area (Å²) in [4.78, 5) is 10.1. The fraction of sp³-hybridized carbons (Fsp3) is 0.833. The van der Waals surface area contributed by atoms with E-state index < -0.39 is 18.1 Å². The van der Waals surface area contributed by atoms with Crippen molar-refractivity contribution in [3.05, 3.63) is 0 Å². The van der Waals surface area contributed by atoms with Gasteiger partial charge in [0.2, 0.25) is 0 Å². The largest absolute Gasteiger partial charge is 0.479 e. The Morgan fingerprint density at radius 2 is 1.90 bits per heavy atom. The Balaban J connectivity index is 3.94. The standard InChI is InChI=1S/C6H13NO3/c1-3(2)4(7)5(8)6(9)10/h3-5,8H,7H2,1-2H3,(H,9,10). The van der Waals surface area contributed by atoms with Crippen LogP contribution in [0.4, 0.5) is 0 Å². The second kappa shape index (κ2) is 3.53. The summed E-state index contributed by atoms with van der Waals surface area (Å²) in [6.07, 6.45) is -1.44. The van der Waals surface area contributed by atoms with E-state index in [1.165, 1.54) is 0 Å². The number of carboxylic acid groups (broad SMARTS) is 1. The summed E-state index contributed by atoms with van der Waals surface area (Å²) < 4.78 is 0. The fourth-order valence-corrected chi connectivity index (χ4v) is 0.529. The number of carboxylic acids is 1. The Labute approximate surface area is 59.7 Å². The molecule has 0 fully saturated rings. The van der Waals surface area contributed by atoms with Gasteiger partial charge in [-0.25, -0.2) is 4.79 Å². The number of aliphatic carboxylic acids is 1. The highest BCUT2D eigenvalue weighted by atomic mass is 16.4. The maximum atomic E-state index is 10.1. The van der Waals surface area contributed by atoms with Gasteiger partial charge >= 0.3 is 5.97 Å². The lowest BCUT2D eigenvalue weighted by Gasteiger charge is -2.17. The van der Waals surface area contributed by atoms with Crippen LogP contribution in [0.1, 0.15) is 13.8 Å². The van der Waals surface area contributed by atoms with Gasteiger partial charge in [-0.15, -0.1) is 0 Å². The third-order valence-corrected chi connectivity index (χ3v) is 1.39. The lowest BCUT2D eigenvalue weighted by atomic mass is 10.00. The molecule has 60 valence electrons. The van der Waals surface area contributed by atoms with Gasteiger partial charge in [-0.1, -0.05) is 13.8 Å². The second-order valence-corrected chi connectivity index (χ2v) is 2.60. The molecule has 0 radical (unpaired) electrons. The molecule has 0 aliphatic carbocycles. The topological polar surface area (TPSA) is 83.5 Å². The average Bonchev–Trinajstić information content (AvgIpc) is 1.84. The molecule has 0 aliphatic heterocycles. The van der Waals surface area contributed by atoms with Gasteiger partial charge in [0.25, 0.3) is 0 Å². The molecule has 0 aliphatic rings. The summed E-state index contributed by atoms with van der Waals surface area (Å²) >= 11 is 0. The van der Waals surface area contributed by atoms with Gasteiger partial charge in [-0.3, -0.25) is 0 Å². The zero-order chi connectivity index (χ0) is 8.31. The van der Waals surface area contributed by atoms with E-state index >= 15 is 0 Å². The van der Waals surface area contributed by atoms with Crippen LogP contribution in [0, 0.1) is 5.92 Å². The van der Waals surface area contributed by atoms with E-state index in [0.717, 1.165) is 0 Å². The van der Waals surface area contributed by atoms with Gasteiger partial charge in [-0.05, 0) is 5.92 Å². The molecular weight excluding hydrogens is 134 g/mol. The van der Waals surface area contributed by atoms with Gasteiger partial charge in [0.15, 0.2) is 6.10 Å². The molecule has 0 aromatic rings. The summed E-state index contributed by atoms with van der Waals surface area (Å²) in [7, 11) is 0. The highest BCUT2D eigenvalue weighted by molar-refractivity contribution is 5.72. The number of rotatable bonds is 3. The van der Waals surface area contributed by atoms with Crippen molar-refractivity contribution < 1.29 is 15.0 Å². The number of hydrogen-bond donors (Lipinski definition) is 3. The molecule has 0 amide bonds.